The standard InChI is InChI=1S/C32H42N4O4S2/c1-6-30(4)16-21(31(5)18(2)11-13-32(19(3)26(30)39)14-12-24(38)25(31)32)15-23(37)17-41-29-36-35-28(42-29)34-27(40)20-7-9-22(33)10-8-20/h6-10,18-19,21,25-26,39H,1,11-17,33H2,2-5H3,(H,34,35,40)/t18-,19+,21-,25+,26+,30-,31+,32+/m1/s1. The number of rotatable bonds is 8. The summed E-state index contributed by atoms with van der Waals surface area (Å²) in [5.74, 6) is 0.344. The van der Waals surface area contributed by atoms with Crippen molar-refractivity contribution in [3.05, 3.63) is 42.5 Å². The number of nitrogens with two attached hydrogens (primary N) is 1. The van der Waals surface area contributed by atoms with E-state index in [2.05, 4.69) is 49.8 Å². The van der Waals surface area contributed by atoms with E-state index in [-0.39, 0.29) is 51.9 Å². The summed E-state index contributed by atoms with van der Waals surface area (Å²) in [6, 6.07) is 6.61. The predicted octanol–water partition coefficient (Wildman–Crippen LogP) is 6.03. The summed E-state index contributed by atoms with van der Waals surface area (Å²) in [6.45, 7) is 12.8. The molecular formula is C32H42N4O4S2. The molecule has 1 amide bonds. The van der Waals surface area contributed by atoms with Crippen molar-refractivity contribution in [2.45, 2.75) is 76.7 Å². The van der Waals surface area contributed by atoms with Crippen LogP contribution in [0.3, 0.4) is 0 Å². The third-order valence-electron chi connectivity index (χ3n) is 11.2. The minimum absolute atomic E-state index is 0.0249. The van der Waals surface area contributed by atoms with Crippen molar-refractivity contribution in [3.63, 3.8) is 0 Å². The lowest BCUT2D eigenvalue weighted by Gasteiger charge is -2.62. The lowest BCUT2D eigenvalue weighted by Crippen LogP contribution is -2.61. The number of hydrogen-bond acceptors (Lipinski definition) is 9. The van der Waals surface area contributed by atoms with Gasteiger partial charge in [0, 0.05) is 35.4 Å². The SMILES string of the molecule is C=C[C@]1(C)C[C@@H](CC(=O)CSc2nnc(NC(=O)c3ccc(N)cc3)s2)[C@]2(C)[C@H](C)CC[C@]3(CCC(=O)[C@H]32)[C@@H](C)[C@@H]1O. The Bertz CT molecular complexity index is 1380. The number of Topliss-reactive ketones (excluding diaryl/α,β-unsaturated/α-hetero) is 2. The van der Waals surface area contributed by atoms with Crippen LogP contribution in [-0.4, -0.2) is 44.6 Å². The van der Waals surface area contributed by atoms with E-state index < -0.39 is 11.5 Å². The third kappa shape index (κ3) is 5.24. The average molecular weight is 611 g/mol. The van der Waals surface area contributed by atoms with E-state index >= 15 is 0 Å². The quantitative estimate of drug-likeness (QED) is 0.143. The van der Waals surface area contributed by atoms with Crippen molar-refractivity contribution in [2.24, 2.45) is 39.9 Å². The maximum Gasteiger partial charge on any atom is 0.257 e. The average Bonchev–Trinajstić information content (AvgIpc) is 3.57. The number of nitrogens with zero attached hydrogens (tertiary/aromatic N) is 2. The van der Waals surface area contributed by atoms with Crippen LogP contribution in [0.1, 0.15) is 76.6 Å². The van der Waals surface area contributed by atoms with Gasteiger partial charge in [0.15, 0.2) is 4.34 Å². The van der Waals surface area contributed by atoms with Crippen molar-refractivity contribution >= 4 is 51.4 Å². The number of hydrogen-bond donors (Lipinski definition) is 3. The second kappa shape index (κ2) is 11.5. The Labute approximate surface area is 256 Å². The van der Waals surface area contributed by atoms with E-state index in [1.807, 2.05) is 6.08 Å². The summed E-state index contributed by atoms with van der Waals surface area (Å²) < 4.78 is 0.594. The zero-order chi connectivity index (χ0) is 30.4. The number of benzene rings is 1. The van der Waals surface area contributed by atoms with E-state index in [0.29, 0.717) is 45.8 Å². The molecule has 1 aromatic heterocycles. The first kappa shape index (κ1) is 30.9. The molecular weight excluding hydrogens is 569 g/mol. The molecule has 2 bridgehead atoms. The molecule has 42 heavy (non-hydrogen) atoms. The molecule has 4 N–H and O–H groups in total. The van der Waals surface area contributed by atoms with E-state index in [4.69, 9.17) is 5.73 Å². The summed E-state index contributed by atoms with van der Waals surface area (Å²) >= 11 is 2.54. The first-order chi connectivity index (χ1) is 19.8. The highest BCUT2D eigenvalue weighted by molar-refractivity contribution is 8.01. The number of nitrogens with one attached hydrogen (secondary N) is 1. The summed E-state index contributed by atoms with van der Waals surface area (Å²) in [4.78, 5) is 39.7. The lowest BCUT2D eigenvalue weighted by atomic mass is 9.41. The normalized spacial score (nSPS) is 36.0. The van der Waals surface area contributed by atoms with Gasteiger partial charge in [-0.15, -0.1) is 16.8 Å². The van der Waals surface area contributed by atoms with Gasteiger partial charge in [-0.05, 0) is 78.5 Å². The largest absolute Gasteiger partial charge is 0.399 e. The molecule has 0 aliphatic heterocycles. The Balaban J connectivity index is 1.32. The van der Waals surface area contributed by atoms with Crippen molar-refractivity contribution in [1.29, 1.82) is 0 Å². The molecule has 5 rings (SSSR count). The van der Waals surface area contributed by atoms with Crippen LogP contribution in [-0.2, 0) is 9.59 Å². The van der Waals surface area contributed by atoms with E-state index in [9.17, 15) is 19.5 Å². The van der Waals surface area contributed by atoms with Gasteiger partial charge in [0.1, 0.15) is 11.6 Å². The fourth-order valence-electron chi connectivity index (χ4n) is 8.49. The summed E-state index contributed by atoms with van der Waals surface area (Å²) in [5.41, 5.74) is 5.60. The molecule has 3 fully saturated rings. The highest BCUT2D eigenvalue weighted by Crippen LogP contribution is 2.69. The Morgan fingerprint density at radius 3 is 2.62 bits per heavy atom. The van der Waals surface area contributed by atoms with E-state index in [1.54, 1.807) is 24.3 Å². The lowest BCUT2D eigenvalue weighted by molar-refractivity contribution is -0.177. The number of ketones is 2. The number of anilines is 2. The van der Waals surface area contributed by atoms with Crippen molar-refractivity contribution < 1.29 is 19.5 Å². The zero-order valence-corrected chi connectivity index (χ0v) is 26.5. The number of carbonyl (C=O) groups is 3. The Kier molecular flexibility index (Phi) is 8.46. The van der Waals surface area contributed by atoms with E-state index in [1.165, 1.54) is 23.1 Å². The van der Waals surface area contributed by atoms with Crippen LogP contribution in [0, 0.1) is 39.9 Å². The molecule has 226 valence electrons. The van der Waals surface area contributed by atoms with Gasteiger partial charge in [0.25, 0.3) is 5.91 Å². The van der Waals surface area contributed by atoms with Crippen molar-refractivity contribution in [3.8, 4) is 0 Å². The maximum atomic E-state index is 13.6. The fourth-order valence-corrected chi connectivity index (χ4v) is 10.1. The minimum atomic E-state index is -0.628. The van der Waals surface area contributed by atoms with Gasteiger partial charge in [0.05, 0.1) is 11.9 Å². The third-order valence-corrected chi connectivity index (χ3v) is 13.2. The number of aromatic nitrogens is 2. The number of nitrogen functional groups attached to an aromatic ring is 1. The van der Waals surface area contributed by atoms with Gasteiger partial charge in [-0.1, -0.05) is 56.9 Å². The van der Waals surface area contributed by atoms with Crippen LogP contribution in [0.5, 0.6) is 0 Å². The van der Waals surface area contributed by atoms with Gasteiger partial charge < -0.3 is 10.8 Å². The smallest absolute Gasteiger partial charge is 0.257 e. The number of carbonyl (C=O) groups excluding carboxylic acids is 3. The van der Waals surface area contributed by atoms with Crippen LogP contribution >= 0.6 is 23.1 Å². The molecule has 3 aliphatic carbocycles. The van der Waals surface area contributed by atoms with Crippen LogP contribution < -0.4 is 11.1 Å². The fraction of sp³-hybridized carbons (Fsp3) is 0.594. The Morgan fingerprint density at radius 1 is 1.21 bits per heavy atom. The number of aliphatic hydroxyl groups is 1. The van der Waals surface area contributed by atoms with Gasteiger partial charge in [0.2, 0.25) is 5.13 Å². The maximum absolute atomic E-state index is 13.6. The zero-order valence-electron chi connectivity index (χ0n) is 24.9. The molecule has 10 heteroatoms. The number of aliphatic hydroxyl groups excluding tert-OH is 1. The molecule has 1 heterocycles. The van der Waals surface area contributed by atoms with Crippen LogP contribution in [0.15, 0.2) is 41.3 Å². The van der Waals surface area contributed by atoms with Gasteiger partial charge in [-0.2, -0.15) is 0 Å². The predicted molar refractivity (Wildman–Crippen MR) is 167 cm³/mol. The van der Waals surface area contributed by atoms with Crippen LogP contribution in [0.4, 0.5) is 10.8 Å². The molecule has 8 nitrogen and oxygen atoms in total. The molecule has 0 saturated heterocycles. The molecule has 0 spiro atoms. The number of amides is 1. The van der Waals surface area contributed by atoms with Crippen molar-refractivity contribution in [2.75, 3.05) is 16.8 Å². The summed E-state index contributed by atoms with van der Waals surface area (Å²) in [5, 5.41) is 23.1. The summed E-state index contributed by atoms with van der Waals surface area (Å²) in [6.07, 6.45) is 5.50. The second-order valence-corrected chi connectivity index (χ2v) is 15.5. The minimum Gasteiger partial charge on any atom is -0.399 e. The highest BCUT2D eigenvalue weighted by atomic mass is 32.2. The molecule has 0 unspecified atom stereocenters. The van der Waals surface area contributed by atoms with Crippen LogP contribution in [0.25, 0.3) is 0 Å². The molecule has 3 aliphatic rings. The first-order valence-electron chi connectivity index (χ1n) is 14.8. The molecule has 8 atom stereocenters. The van der Waals surface area contributed by atoms with Gasteiger partial charge >= 0.3 is 0 Å². The van der Waals surface area contributed by atoms with Gasteiger partial charge in [-0.25, -0.2) is 0 Å². The van der Waals surface area contributed by atoms with E-state index in [0.717, 1.165) is 19.3 Å². The summed E-state index contributed by atoms with van der Waals surface area (Å²) in [7, 11) is 0. The van der Waals surface area contributed by atoms with Crippen molar-refractivity contribution in [1.82, 2.24) is 10.2 Å². The Hall–Kier alpha value is -2.56. The molecule has 1 aromatic carbocycles. The molecule has 3 saturated carbocycles. The Morgan fingerprint density at radius 2 is 1.93 bits per heavy atom. The first-order valence-corrected chi connectivity index (χ1v) is 16.6. The second-order valence-electron chi connectivity index (χ2n) is 13.3. The number of thioether (sulfide) groups is 1. The van der Waals surface area contributed by atoms with Gasteiger partial charge in [-0.3, -0.25) is 19.7 Å². The highest BCUT2D eigenvalue weighted by Gasteiger charge is 2.67. The monoisotopic (exact) mass is 610 g/mol. The molecule has 2 aromatic rings. The topological polar surface area (TPSA) is 135 Å². The molecule has 0 radical (unpaired) electrons. The van der Waals surface area contributed by atoms with Crippen LogP contribution in [0.2, 0.25) is 0 Å².